The molecule has 8 heteroatoms. The molecule has 0 bridgehead atoms. The lowest BCUT2D eigenvalue weighted by molar-refractivity contribution is 0.102. The van der Waals surface area contributed by atoms with Gasteiger partial charge in [0.2, 0.25) is 0 Å². The van der Waals surface area contributed by atoms with Gasteiger partial charge in [-0.2, -0.15) is 0 Å². The van der Waals surface area contributed by atoms with E-state index in [9.17, 15) is 4.79 Å². The Morgan fingerprint density at radius 3 is 2.68 bits per heavy atom. The number of rotatable bonds is 4. The number of hydrogen-bond donors (Lipinski definition) is 1. The zero-order valence-electron chi connectivity index (χ0n) is 13.1. The number of hydrogen-bond acceptors (Lipinski definition) is 6. The minimum atomic E-state index is -0.334. The molecule has 4 aromatic rings. The molecule has 0 saturated carbocycles. The maximum absolute atomic E-state index is 12.5. The van der Waals surface area contributed by atoms with E-state index in [4.69, 9.17) is 0 Å². The van der Waals surface area contributed by atoms with Crippen LogP contribution in [0.5, 0.6) is 0 Å². The van der Waals surface area contributed by atoms with E-state index in [-0.39, 0.29) is 5.91 Å². The second kappa shape index (κ2) is 6.44. The molecule has 0 spiro atoms. The average Bonchev–Trinajstić information content (AvgIpc) is 3.09. The van der Waals surface area contributed by atoms with Gasteiger partial charge in [0, 0.05) is 18.6 Å². The maximum Gasteiger partial charge on any atom is 0.259 e. The lowest BCUT2D eigenvalue weighted by Gasteiger charge is -2.03. The number of carbonyl (C=O) groups is 1. The summed E-state index contributed by atoms with van der Waals surface area (Å²) in [6, 6.07) is 11.5. The first-order valence-corrected chi connectivity index (χ1v) is 7.61. The molecule has 1 amide bonds. The average molecular weight is 331 g/mol. The van der Waals surface area contributed by atoms with Gasteiger partial charge in [-0.25, -0.2) is 14.6 Å². The first-order chi connectivity index (χ1) is 12.3. The Hall–Kier alpha value is -3.68. The normalized spacial score (nSPS) is 10.7. The van der Waals surface area contributed by atoms with E-state index < -0.39 is 0 Å². The monoisotopic (exact) mass is 331 g/mol. The summed E-state index contributed by atoms with van der Waals surface area (Å²) in [5.74, 6) is 0.0365. The van der Waals surface area contributed by atoms with Gasteiger partial charge in [0.05, 0.1) is 18.3 Å². The van der Waals surface area contributed by atoms with Gasteiger partial charge in [-0.15, -0.1) is 5.10 Å². The highest BCUT2D eigenvalue weighted by Gasteiger charge is 2.14. The molecule has 122 valence electrons. The van der Waals surface area contributed by atoms with E-state index in [0.717, 1.165) is 5.56 Å². The van der Waals surface area contributed by atoms with Gasteiger partial charge in [0.1, 0.15) is 5.52 Å². The van der Waals surface area contributed by atoms with Crippen LogP contribution in [-0.2, 0) is 6.54 Å². The summed E-state index contributed by atoms with van der Waals surface area (Å²) in [4.78, 5) is 24.9. The molecule has 0 aliphatic heterocycles. The fourth-order valence-corrected chi connectivity index (χ4v) is 2.45. The number of benzene rings is 1. The Labute approximate surface area is 142 Å². The fraction of sp³-hybridized carbons (Fsp3) is 0.0588. The van der Waals surface area contributed by atoms with E-state index >= 15 is 0 Å². The zero-order valence-corrected chi connectivity index (χ0v) is 13.1. The first kappa shape index (κ1) is 14.9. The summed E-state index contributed by atoms with van der Waals surface area (Å²) >= 11 is 0. The second-order valence-corrected chi connectivity index (χ2v) is 5.33. The van der Waals surface area contributed by atoms with Crippen molar-refractivity contribution < 1.29 is 4.79 Å². The molecule has 3 heterocycles. The largest absolute Gasteiger partial charge is 0.304 e. The summed E-state index contributed by atoms with van der Waals surface area (Å²) in [5.41, 5.74) is 2.35. The molecule has 1 N–H and O–H groups in total. The molecular formula is C17H13N7O. The number of nitrogens with zero attached hydrogens (tertiary/aromatic N) is 6. The highest BCUT2D eigenvalue weighted by Crippen LogP contribution is 2.13. The molecule has 0 unspecified atom stereocenters. The lowest BCUT2D eigenvalue weighted by atomic mass is 10.2. The molecular weight excluding hydrogens is 318 g/mol. The molecule has 25 heavy (non-hydrogen) atoms. The summed E-state index contributed by atoms with van der Waals surface area (Å²) < 4.78 is 1.66. The number of carbonyl (C=O) groups excluding carboxylic acids is 1. The molecule has 8 nitrogen and oxygen atoms in total. The molecule has 4 rings (SSSR count). The third-order valence-electron chi connectivity index (χ3n) is 3.58. The van der Waals surface area contributed by atoms with Crippen LogP contribution in [0.25, 0.3) is 11.2 Å². The molecule has 0 saturated heterocycles. The molecule has 1 aromatic carbocycles. The van der Waals surface area contributed by atoms with Crippen LogP contribution in [0, 0.1) is 0 Å². The Balaban J connectivity index is 1.53. The van der Waals surface area contributed by atoms with Crippen molar-refractivity contribution in [2.45, 2.75) is 6.54 Å². The lowest BCUT2D eigenvalue weighted by Crippen LogP contribution is -2.13. The van der Waals surface area contributed by atoms with Gasteiger partial charge in [-0.3, -0.25) is 9.78 Å². The van der Waals surface area contributed by atoms with Gasteiger partial charge in [0.25, 0.3) is 5.91 Å². The Morgan fingerprint density at radius 2 is 1.80 bits per heavy atom. The van der Waals surface area contributed by atoms with Crippen LogP contribution in [0.1, 0.15) is 15.9 Å². The van der Waals surface area contributed by atoms with Crippen LogP contribution >= 0.6 is 0 Å². The number of amides is 1. The van der Waals surface area contributed by atoms with E-state index in [1.165, 1.54) is 18.6 Å². The van der Waals surface area contributed by atoms with Crippen LogP contribution in [-0.4, -0.2) is 35.9 Å². The summed E-state index contributed by atoms with van der Waals surface area (Å²) in [5, 5.41) is 10.7. The Kier molecular flexibility index (Phi) is 3.83. The van der Waals surface area contributed by atoms with Crippen molar-refractivity contribution in [1.29, 1.82) is 0 Å². The topological polar surface area (TPSA) is 98.5 Å². The molecule has 0 aliphatic rings. The van der Waals surface area contributed by atoms with Crippen molar-refractivity contribution in [3.63, 3.8) is 0 Å². The van der Waals surface area contributed by atoms with Gasteiger partial charge >= 0.3 is 0 Å². The zero-order chi connectivity index (χ0) is 17.1. The van der Waals surface area contributed by atoms with Gasteiger partial charge in [-0.05, 0) is 11.6 Å². The van der Waals surface area contributed by atoms with Crippen molar-refractivity contribution in [2.24, 2.45) is 0 Å². The number of fused-ring (bicyclic) bond motifs is 1. The van der Waals surface area contributed by atoms with Gasteiger partial charge in [-0.1, -0.05) is 35.5 Å². The predicted octanol–water partition coefficient (Wildman–Crippen LogP) is 1.92. The highest BCUT2D eigenvalue weighted by atomic mass is 16.1. The third-order valence-corrected chi connectivity index (χ3v) is 3.58. The highest BCUT2D eigenvalue weighted by molar-refractivity contribution is 6.10. The van der Waals surface area contributed by atoms with Crippen LogP contribution in [0.3, 0.4) is 0 Å². The van der Waals surface area contributed by atoms with Crippen LogP contribution < -0.4 is 5.32 Å². The molecule has 0 atom stereocenters. The van der Waals surface area contributed by atoms with E-state index in [0.29, 0.717) is 29.1 Å². The smallest absolute Gasteiger partial charge is 0.259 e. The quantitative estimate of drug-likeness (QED) is 0.613. The molecule has 0 fully saturated rings. The first-order valence-electron chi connectivity index (χ1n) is 7.61. The Morgan fingerprint density at radius 1 is 1.00 bits per heavy atom. The van der Waals surface area contributed by atoms with Crippen LogP contribution in [0.15, 0.2) is 61.2 Å². The van der Waals surface area contributed by atoms with E-state index in [1.54, 1.807) is 16.9 Å². The fourth-order valence-electron chi connectivity index (χ4n) is 2.45. The number of aromatic nitrogens is 6. The van der Waals surface area contributed by atoms with Gasteiger partial charge < -0.3 is 5.32 Å². The molecule has 0 aliphatic carbocycles. The van der Waals surface area contributed by atoms with Crippen molar-refractivity contribution in [2.75, 3.05) is 5.32 Å². The van der Waals surface area contributed by atoms with E-state index in [1.807, 2.05) is 30.3 Å². The van der Waals surface area contributed by atoms with Crippen molar-refractivity contribution in [1.82, 2.24) is 29.9 Å². The van der Waals surface area contributed by atoms with Crippen molar-refractivity contribution >= 4 is 22.9 Å². The summed E-state index contributed by atoms with van der Waals surface area (Å²) in [6.07, 6.45) is 6.27. The number of anilines is 1. The third kappa shape index (κ3) is 3.18. The molecule has 3 aromatic heterocycles. The standard InChI is InChI=1S/C17H13N7O/c25-17(13-6-7-19-16-15(13)18-8-9-20-16)21-14-11-24(23-22-14)10-12-4-2-1-3-5-12/h1-9,11H,10H2,(H,21,25). The predicted molar refractivity (Wildman–Crippen MR) is 90.9 cm³/mol. The summed E-state index contributed by atoms with van der Waals surface area (Å²) in [6.45, 7) is 0.577. The van der Waals surface area contributed by atoms with Gasteiger partial charge in [0.15, 0.2) is 11.5 Å². The Bertz CT molecular complexity index is 1020. The number of nitrogens with one attached hydrogen (secondary N) is 1. The molecule has 0 radical (unpaired) electrons. The minimum absolute atomic E-state index is 0.334. The number of pyridine rings is 1. The van der Waals surface area contributed by atoms with Crippen LogP contribution in [0.4, 0.5) is 5.82 Å². The summed E-state index contributed by atoms with van der Waals surface area (Å²) in [7, 11) is 0. The van der Waals surface area contributed by atoms with Crippen LogP contribution in [0.2, 0.25) is 0 Å². The minimum Gasteiger partial charge on any atom is -0.304 e. The van der Waals surface area contributed by atoms with E-state index in [2.05, 4.69) is 30.6 Å². The maximum atomic E-state index is 12.5. The van der Waals surface area contributed by atoms with Crippen molar-refractivity contribution in [3.05, 3.63) is 72.3 Å². The van der Waals surface area contributed by atoms with Crippen molar-refractivity contribution in [3.8, 4) is 0 Å². The SMILES string of the molecule is O=C(Nc1cn(Cc2ccccc2)nn1)c1ccnc2nccnc12. The second-order valence-electron chi connectivity index (χ2n) is 5.33.